The third-order valence-electron chi connectivity index (χ3n) is 3.75. The van der Waals surface area contributed by atoms with Crippen LogP contribution in [0.2, 0.25) is 0 Å². The maximum Gasteiger partial charge on any atom is 0.251 e. The maximum absolute atomic E-state index is 13.3. The van der Waals surface area contributed by atoms with Crippen molar-refractivity contribution in [3.63, 3.8) is 0 Å². The van der Waals surface area contributed by atoms with Crippen LogP contribution >= 0.6 is 0 Å². The predicted octanol–water partition coefficient (Wildman–Crippen LogP) is 2.72. The molecule has 98 valence electrons. The summed E-state index contributed by atoms with van der Waals surface area (Å²) in [7, 11) is 0. The SMILES string of the molecule is CC1(CNC(=O)c2ccc(N)c(F)c2)CCCC1. The number of anilines is 1. The standard InChI is InChI=1S/C14H19FN2O/c1-14(6-2-3-7-14)9-17-13(18)10-4-5-12(16)11(15)8-10/h4-5,8H,2-3,6-7,9,16H2,1H3,(H,17,18). The monoisotopic (exact) mass is 250 g/mol. The van der Waals surface area contributed by atoms with Crippen molar-refractivity contribution in [1.29, 1.82) is 0 Å². The second-order valence-corrected chi connectivity index (χ2v) is 5.44. The lowest BCUT2D eigenvalue weighted by Crippen LogP contribution is -2.34. The molecule has 3 nitrogen and oxygen atoms in total. The van der Waals surface area contributed by atoms with E-state index >= 15 is 0 Å². The van der Waals surface area contributed by atoms with E-state index in [4.69, 9.17) is 5.73 Å². The number of halogens is 1. The third kappa shape index (κ3) is 2.81. The van der Waals surface area contributed by atoms with Crippen LogP contribution in [0.1, 0.15) is 43.0 Å². The van der Waals surface area contributed by atoms with E-state index in [-0.39, 0.29) is 17.0 Å². The Bertz CT molecular complexity index is 453. The summed E-state index contributed by atoms with van der Waals surface area (Å²) < 4.78 is 13.3. The first-order chi connectivity index (χ1) is 8.50. The minimum absolute atomic E-state index is 0.0642. The molecule has 0 spiro atoms. The van der Waals surface area contributed by atoms with Gasteiger partial charge in [-0.25, -0.2) is 4.39 Å². The zero-order chi connectivity index (χ0) is 13.2. The number of carbonyl (C=O) groups excluding carboxylic acids is 1. The second kappa shape index (κ2) is 4.96. The smallest absolute Gasteiger partial charge is 0.251 e. The molecule has 0 radical (unpaired) electrons. The highest BCUT2D eigenvalue weighted by atomic mass is 19.1. The molecule has 0 heterocycles. The number of nitrogens with one attached hydrogen (secondary N) is 1. The maximum atomic E-state index is 13.3. The average molecular weight is 250 g/mol. The molecule has 0 bridgehead atoms. The summed E-state index contributed by atoms with van der Waals surface area (Å²) in [5.74, 6) is -0.781. The van der Waals surface area contributed by atoms with Gasteiger partial charge in [0.05, 0.1) is 5.69 Å². The highest BCUT2D eigenvalue weighted by molar-refractivity contribution is 5.94. The van der Waals surface area contributed by atoms with Crippen LogP contribution in [-0.4, -0.2) is 12.5 Å². The fraction of sp³-hybridized carbons (Fsp3) is 0.500. The van der Waals surface area contributed by atoms with Gasteiger partial charge in [-0.05, 0) is 36.5 Å². The molecule has 1 aliphatic rings. The van der Waals surface area contributed by atoms with Crippen LogP contribution in [0.15, 0.2) is 18.2 Å². The topological polar surface area (TPSA) is 55.1 Å². The Balaban J connectivity index is 1.97. The van der Waals surface area contributed by atoms with E-state index in [1.165, 1.54) is 25.0 Å². The zero-order valence-corrected chi connectivity index (χ0v) is 10.6. The normalized spacial score (nSPS) is 17.7. The van der Waals surface area contributed by atoms with Gasteiger partial charge in [-0.1, -0.05) is 19.8 Å². The molecular formula is C14H19FN2O. The van der Waals surface area contributed by atoms with E-state index < -0.39 is 5.82 Å². The lowest BCUT2D eigenvalue weighted by molar-refractivity contribution is 0.0934. The summed E-state index contributed by atoms with van der Waals surface area (Å²) >= 11 is 0. The van der Waals surface area contributed by atoms with Crippen LogP contribution in [-0.2, 0) is 0 Å². The minimum Gasteiger partial charge on any atom is -0.396 e. The van der Waals surface area contributed by atoms with Gasteiger partial charge in [0.1, 0.15) is 5.82 Å². The summed E-state index contributed by atoms with van der Waals surface area (Å²) in [5.41, 5.74) is 5.96. The zero-order valence-electron chi connectivity index (χ0n) is 10.6. The lowest BCUT2D eigenvalue weighted by Gasteiger charge is -2.23. The summed E-state index contributed by atoms with van der Waals surface area (Å²) in [6.07, 6.45) is 4.73. The minimum atomic E-state index is -0.547. The first-order valence-electron chi connectivity index (χ1n) is 6.33. The van der Waals surface area contributed by atoms with Gasteiger partial charge in [-0.15, -0.1) is 0 Å². The van der Waals surface area contributed by atoms with Gasteiger partial charge in [0.2, 0.25) is 0 Å². The van der Waals surface area contributed by atoms with Crippen molar-refractivity contribution >= 4 is 11.6 Å². The number of carbonyl (C=O) groups is 1. The molecule has 0 unspecified atom stereocenters. The first kappa shape index (κ1) is 12.9. The Morgan fingerprint density at radius 1 is 1.44 bits per heavy atom. The van der Waals surface area contributed by atoms with Crippen LogP contribution in [0, 0.1) is 11.2 Å². The lowest BCUT2D eigenvalue weighted by atomic mass is 9.89. The number of benzene rings is 1. The molecule has 18 heavy (non-hydrogen) atoms. The van der Waals surface area contributed by atoms with Gasteiger partial charge in [0.25, 0.3) is 5.91 Å². The fourth-order valence-electron chi connectivity index (χ4n) is 2.47. The molecule has 3 N–H and O–H groups in total. The number of hydrogen-bond donors (Lipinski definition) is 2. The van der Waals surface area contributed by atoms with E-state index in [1.54, 1.807) is 6.07 Å². The van der Waals surface area contributed by atoms with Gasteiger partial charge in [0.15, 0.2) is 0 Å². The molecule has 1 amide bonds. The molecule has 0 saturated heterocycles. The van der Waals surface area contributed by atoms with Crippen LogP contribution in [0.3, 0.4) is 0 Å². The van der Waals surface area contributed by atoms with Crippen molar-refractivity contribution in [3.05, 3.63) is 29.6 Å². The molecular weight excluding hydrogens is 231 g/mol. The van der Waals surface area contributed by atoms with Crippen LogP contribution < -0.4 is 11.1 Å². The summed E-state index contributed by atoms with van der Waals surface area (Å²) in [4.78, 5) is 11.9. The van der Waals surface area contributed by atoms with Gasteiger partial charge in [-0.2, -0.15) is 0 Å². The highest BCUT2D eigenvalue weighted by Gasteiger charge is 2.28. The van der Waals surface area contributed by atoms with Crippen molar-refractivity contribution in [1.82, 2.24) is 5.32 Å². The molecule has 1 aromatic carbocycles. The van der Waals surface area contributed by atoms with E-state index in [0.717, 1.165) is 12.8 Å². The van der Waals surface area contributed by atoms with Crippen molar-refractivity contribution in [2.24, 2.45) is 5.41 Å². The highest BCUT2D eigenvalue weighted by Crippen LogP contribution is 2.36. The predicted molar refractivity (Wildman–Crippen MR) is 69.7 cm³/mol. The number of nitrogens with two attached hydrogens (primary N) is 1. The average Bonchev–Trinajstić information content (AvgIpc) is 2.77. The summed E-state index contributed by atoms with van der Waals surface area (Å²) in [6.45, 7) is 2.83. The number of hydrogen-bond acceptors (Lipinski definition) is 2. The first-order valence-corrected chi connectivity index (χ1v) is 6.33. The molecule has 1 fully saturated rings. The Hall–Kier alpha value is -1.58. The van der Waals surface area contributed by atoms with Crippen molar-refractivity contribution in [3.8, 4) is 0 Å². The van der Waals surface area contributed by atoms with Crippen molar-refractivity contribution in [2.75, 3.05) is 12.3 Å². The molecule has 4 heteroatoms. The van der Waals surface area contributed by atoms with E-state index in [9.17, 15) is 9.18 Å². The summed E-state index contributed by atoms with van der Waals surface area (Å²) in [5, 5.41) is 2.88. The van der Waals surface area contributed by atoms with Gasteiger partial charge in [-0.3, -0.25) is 4.79 Å². The fourth-order valence-corrected chi connectivity index (χ4v) is 2.47. The molecule has 1 aromatic rings. The van der Waals surface area contributed by atoms with E-state index in [2.05, 4.69) is 12.2 Å². The number of amides is 1. The molecule has 2 rings (SSSR count). The van der Waals surface area contributed by atoms with Crippen molar-refractivity contribution in [2.45, 2.75) is 32.6 Å². The number of rotatable bonds is 3. The van der Waals surface area contributed by atoms with Crippen molar-refractivity contribution < 1.29 is 9.18 Å². The molecule has 0 aliphatic heterocycles. The Kier molecular flexibility index (Phi) is 3.55. The Morgan fingerprint density at radius 2 is 2.11 bits per heavy atom. The van der Waals surface area contributed by atoms with Crippen LogP contribution in [0.4, 0.5) is 10.1 Å². The molecule has 0 atom stereocenters. The second-order valence-electron chi connectivity index (χ2n) is 5.44. The Labute approximate surface area is 107 Å². The summed E-state index contributed by atoms with van der Waals surface area (Å²) in [6, 6.07) is 4.15. The number of nitrogen functional groups attached to an aromatic ring is 1. The van der Waals surface area contributed by atoms with Gasteiger partial charge >= 0.3 is 0 Å². The van der Waals surface area contributed by atoms with E-state index in [0.29, 0.717) is 12.1 Å². The van der Waals surface area contributed by atoms with E-state index in [1.807, 2.05) is 0 Å². The molecule has 1 aliphatic carbocycles. The Morgan fingerprint density at radius 3 is 2.72 bits per heavy atom. The van der Waals surface area contributed by atoms with Gasteiger partial charge in [0, 0.05) is 12.1 Å². The molecule has 1 saturated carbocycles. The van der Waals surface area contributed by atoms with Crippen LogP contribution in [0.5, 0.6) is 0 Å². The molecule has 0 aromatic heterocycles. The largest absolute Gasteiger partial charge is 0.396 e. The van der Waals surface area contributed by atoms with Crippen LogP contribution in [0.25, 0.3) is 0 Å². The van der Waals surface area contributed by atoms with Gasteiger partial charge < -0.3 is 11.1 Å². The third-order valence-corrected chi connectivity index (χ3v) is 3.75. The quantitative estimate of drug-likeness (QED) is 0.810.